The molecule has 3 rings (SSSR count). The Balaban J connectivity index is 2.20. The van der Waals surface area contributed by atoms with Crippen molar-refractivity contribution in [2.24, 2.45) is 0 Å². The van der Waals surface area contributed by atoms with Crippen molar-refractivity contribution in [1.82, 2.24) is 9.78 Å². The van der Waals surface area contributed by atoms with E-state index in [0.717, 1.165) is 9.15 Å². The van der Waals surface area contributed by atoms with E-state index in [2.05, 4.69) is 21.0 Å². The predicted molar refractivity (Wildman–Crippen MR) is 81.6 cm³/mol. The van der Waals surface area contributed by atoms with Gasteiger partial charge >= 0.3 is 0 Å². The highest BCUT2D eigenvalue weighted by atomic mass is 79.9. The van der Waals surface area contributed by atoms with E-state index < -0.39 is 18.1 Å². The van der Waals surface area contributed by atoms with Crippen LogP contribution in [-0.4, -0.2) is 9.78 Å². The maximum absolute atomic E-state index is 14.7. The molecule has 0 saturated heterocycles. The van der Waals surface area contributed by atoms with Gasteiger partial charge in [-0.3, -0.25) is 0 Å². The highest BCUT2D eigenvalue weighted by molar-refractivity contribution is 9.10. The van der Waals surface area contributed by atoms with Crippen LogP contribution in [0.3, 0.4) is 0 Å². The summed E-state index contributed by atoms with van der Waals surface area (Å²) in [5, 5.41) is 3.76. The number of alkyl halides is 2. The number of nitrogens with zero attached hydrogens (tertiary/aromatic N) is 2. The molecule has 0 amide bonds. The smallest absolute Gasteiger partial charge is 0.206 e. The van der Waals surface area contributed by atoms with Crippen molar-refractivity contribution < 1.29 is 13.2 Å². The molecule has 0 radical (unpaired) electrons. The topological polar surface area (TPSA) is 17.8 Å². The van der Waals surface area contributed by atoms with Crippen molar-refractivity contribution in [2.75, 3.05) is 0 Å². The van der Waals surface area contributed by atoms with E-state index in [1.54, 1.807) is 54.6 Å². The van der Waals surface area contributed by atoms with Crippen LogP contribution < -0.4 is 0 Å². The summed E-state index contributed by atoms with van der Waals surface area (Å²) in [6, 6.07) is 14.8. The van der Waals surface area contributed by atoms with Crippen molar-refractivity contribution in [3.63, 3.8) is 0 Å². The third kappa shape index (κ3) is 2.66. The van der Waals surface area contributed by atoms with Crippen LogP contribution >= 0.6 is 15.9 Å². The lowest BCUT2D eigenvalue weighted by atomic mass is 10.1. The third-order valence-electron chi connectivity index (χ3n) is 3.20. The second-order valence-corrected chi connectivity index (χ2v) is 5.52. The molecule has 0 unspecified atom stereocenters. The average molecular weight is 367 g/mol. The monoisotopic (exact) mass is 366 g/mol. The molecule has 0 aliphatic rings. The summed E-state index contributed by atoms with van der Waals surface area (Å²) in [5.41, 5.74) is 0.0218. The summed E-state index contributed by atoms with van der Waals surface area (Å²) in [6.07, 6.45) is -2.86. The maximum Gasteiger partial charge on any atom is 0.282 e. The summed E-state index contributed by atoms with van der Waals surface area (Å²) >= 11 is 3.27. The quantitative estimate of drug-likeness (QED) is 0.608. The first kappa shape index (κ1) is 14.8. The van der Waals surface area contributed by atoms with Crippen molar-refractivity contribution >= 4 is 15.9 Å². The third-order valence-corrected chi connectivity index (χ3v) is 3.73. The minimum atomic E-state index is -2.86. The molecule has 0 bridgehead atoms. The van der Waals surface area contributed by atoms with E-state index in [4.69, 9.17) is 0 Å². The number of hydrogen-bond acceptors (Lipinski definition) is 1. The first-order chi connectivity index (χ1) is 10.6. The van der Waals surface area contributed by atoms with Gasteiger partial charge in [-0.15, -0.1) is 0 Å². The minimum absolute atomic E-state index is 0.168. The summed E-state index contributed by atoms with van der Waals surface area (Å²) in [5.74, 6) is -0.802. The second-order valence-electron chi connectivity index (χ2n) is 4.61. The molecule has 1 aromatic heterocycles. The summed E-state index contributed by atoms with van der Waals surface area (Å²) in [4.78, 5) is 0. The molecule has 22 heavy (non-hydrogen) atoms. The Hall–Kier alpha value is -2.08. The molecular formula is C16H10BrF3N2. The van der Waals surface area contributed by atoms with E-state index in [1.807, 2.05) is 0 Å². The van der Waals surface area contributed by atoms with Gasteiger partial charge in [-0.2, -0.15) is 9.49 Å². The van der Waals surface area contributed by atoms with Gasteiger partial charge in [0.15, 0.2) is 0 Å². The highest BCUT2D eigenvalue weighted by Crippen LogP contribution is 2.33. The van der Waals surface area contributed by atoms with Gasteiger partial charge in [-0.05, 0) is 29.8 Å². The van der Waals surface area contributed by atoms with Crippen LogP contribution in [0.2, 0.25) is 0 Å². The molecule has 0 atom stereocenters. The molecule has 0 N–H and O–H groups in total. The van der Waals surface area contributed by atoms with Crippen molar-refractivity contribution in [3.8, 4) is 16.8 Å². The maximum atomic E-state index is 14.7. The van der Waals surface area contributed by atoms with E-state index in [9.17, 15) is 13.2 Å². The lowest BCUT2D eigenvalue weighted by Crippen LogP contribution is -2.00. The van der Waals surface area contributed by atoms with Gasteiger partial charge in [-0.1, -0.05) is 46.3 Å². The number of halogens is 4. The molecule has 0 fully saturated rings. The van der Waals surface area contributed by atoms with Gasteiger partial charge in [0.05, 0.1) is 11.3 Å². The number of aromatic nitrogens is 2. The standard InChI is InChI=1S/C16H10BrF3N2/c17-11-6-8-12(9-7-11)22-16(20)13(14(21-22)15(18)19)10-4-2-1-3-5-10/h1-9,15H. The van der Waals surface area contributed by atoms with Crippen molar-refractivity contribution in [1.29, 1.82) is 0 Å². The van der Waals surface area contributed by atoms with E-state index >= 15 is 0 Å². The number of rotatable bonds is 3. The fourth-order valence-electron chi connectivity index (χ4n) is 2.19. The Morgan fingerprint density at radius 3 is 2.18 bits per heavy atom. The Morgan fingerprint density at radius 2 is 1.59 bits per heavy atom. The Kier molecular flexibility index (Phi) is 4.02. The Bertz CT molecular complexity index is 783. The zero-order chi connectivity index (χ0) is 15.7. The molecule has 112 valence electrons. The molecule has 0 spiro atoms. The van der Waals surface area contributed by atoms with Gasteiger partial charge in [-0.25, -0.2) is 13.5 Å². The van der Waals surface area contributed by atoms with Gasteiger partial charge in [0.2, 0.25) is 5.95 Å². The van der Waals surface area contributed by atoms with Gasteiger partial charge in [0.25, 0.3) is 6.43 Å². The average Bonchev–Trinajstić information content (AvgIpc) is 2.87. The lowest BCUT2D eigenvalue weighted by molar-refractivity contribution is 0.146. The van der Waals surface area contributed by atoms with Crippen LogP contribution in [0.25, 0.3) is 16.8 Å². The first-order valence-corrected chi connectivity index (χ1v) is 7.25. The normalized spacial score (nSPS) is 11.1. The van der Waals surface area contributed by atoms with Gasteiger partial charge in [0.1, 0.15) is 5.69 Å². The SMILES string of the molecule is Fc1c(-c2ccccc2)c(C(F)F)nn1-c1ccc(Br)cc1. The first-order valence-electron chi connectivity index (χ1n) is 6.46. The van der Waals surface area contributed by atoms with Crippen molar-refractivity contribution in [3.05, 3.63) is 70.7 Å². The van der Waals surface area contributed by atoms with Crippen LogP contribution in [0.5, 0.6) is 0 Å². The van der Waals surface area contributed by atoms with E-state index in [1.165, 1.54) is 0 Å². The van der Waals surface area contributed by atoms with Crippen molar-refractivity contribution in [2.45, 2.75) is 6.43 Å². The lowest BCUT2D eigenvalue weighted by Gasteiger charge is -2.03. The fraction of sp³-hybridized carbons (Fsp3) is 0.0625. The largest absolute Gasteiger partial charge is 0.282 e. The summed E-state index contributed by atoms with van der Waals surface area (Å²) < 4.78 is 42.9. The van der Waals surface area contributed by atoms with Crippen LogP contribution in [0.15, 0.2) is 59.1 Å². The van der Waals surface area contributed by atoms with Gasteiger partial charge < -0.3 is 0 Å². The number of hydrogen-bond donors (Lipinski definition) is 0. The number of benzene rings is 2. The zero-order valence-corrected chi connectivity index (χ0v) is 12.8. The molecule has 0 aliphatic heterocycles. The van der Waals surface area contributed by atoms with Crippen LogP contribution in [0.4, 0.5) is 13.2 Å². The summed E-state index contributed by atoms with van der Waals surface area (Å²) in [7, 11) is 0. The van der Waals surface area contributed by atoms with E-state index in [-0.39, 0.29) is 5.56 Å². The molecular weight excluding hydrogens is 357 g/mol. The second kappa shape index (κ2) is 5.96. The van der Waals surface area contributed by atoms with E-state index in [0.29, 0.717) is 11.3 Å². The Morgan fingerprint density at radius 1 is 0.955 bits per heavy atom. The van der Waals surface area contributed by atoms with Crippen LogP contribution in [0.1, 0.15) is 12.1 Å². The summed E-state index contributed by atoms with van der Waals surface area (Å²) in [6.45, 7) is 0. The minimum Gasteiger partial charge on any atom is -0.206 e. The highest BCUT2D eigenvalue weighted by Gasteiger charge is 2.26. The van der Waals surface area contributed by atoms with Gasteiger partial charge in [0, 0.05) is 4.47 Å². The molecule has 6 heteroatoms. The Labute approximate surface area is 133 Å². The molecule has 0 saturated carbocycles. The van der Waals surface area contributed by atoms with Crippen LogP contribution in [-0.2, 0) is 0 Å². The molecule has 2 aromatic carbocycles. The molecule has 0 aliphatic carbocycles. The molecule has 2 nitrogen and oxygen atoms in total. The predicted octanol–water partition coefficient (Wildman–Crippen LogP) is 5.38. The zero-order valence-electron chi connectivity index (χ0n) is 11.2. The van der Waals surface area contributed by atoms with Crippen LogP contribution in [0, 0.1) is 5.95 Å². The fourth-order valence-corrected chi connectivity index (χ4v) is 2.46. The molecule has 3 aromatic rings. The molecule has 1 heterocycles.